The summed E-state index contributed by atoms with van der Waals surface area (Å²) in [5, 5.41) is 14.8. The molecular weight excluding hydrogens is 454 g/mol. The number of benzene rings is 2. The Labute approximate surface area is 203 Å². The monoisotopic (exact) mass is 483 g/mol. The predicted octanol–water partition coefficient (Wildman–Crippen LogP) is 3.80. The molecule has 0 radical (unpaired) electrons. The van der Waals surface area contributed by atoms with Crippen LogP contribution in [0.15, 0.2) is 53.7 Å². The summed E-state index contributed by atoms with van der Waals surface area (Å²) in [5.41, 5.74) is 3.11. The van der Waals surface area contributed by atoms with Crippen LogP contribution >= 0.6 is 11.8 Å². The van der Waals surface area contributed by atoms with Crippen molar-refractivity contribution in [3.05, 3.63) is 65.5 Å². The molecule has 2 N–H and O–H groups in total. The van der Waals surface area contributed by atoms with Crippen molar-refractivity contribution in [2.75, 3.05) is 20.3 Å². The van der Waals surface area contributed by atoms with Crippen molar-refractivity contribution in [2.24, 2.45) is 0 Å². The number of rotatable bonds is 10. The zero-order valence-corrected chi connectivity index (χ0v) is 20.5. The van der Waals surface area contributed by atoms with E-state index in [9.17, 15) is 9.59 Å². The maximum Gasteiger partial charge on any atom is 0.325 e. The summed E-state index contributed by atoms with van der Waals surface area (Å²) < 4.78 is 12.1. The fourth-order valence-corrected chi connectivity index (χ4v) is 4.08. The van der Waals surface area contributed by atoms with E-state index in [1.54, 1.807) is 14.0 Å². The molecule has 180 valence electrons. The van der Waals surface area contributed by atoms with E-state index < -0.39 is 18.0 Å². The van der Waals surface area contributed by atoms with Crippen molar-refractivity contribution in [1.82, 2.24) is 25.4 Å². The highest BCUT2D eigenvalue weighted by Crippen LogP contribution is 2.28. The van der Waals surface area contributed by atoms with Crippen LogP contribution in [0.4, 0.5) is 4.79 Å². The molecule has 10 heteroatoms. The molecule has 0 spiro atoms. The van der Waals surface area contributed by atoms with Crippen molar-refractivity contribution in [2.45, 2.75) is 37.7 Å². The molecule has 1 aromatic heterocycles. The average Bonchev–Trinajstić information content (AvgIpc) is 3.26. The molecule has 1 unspecified atom stereocenters. The van der Waals surface area contributed by atoms with Gasteiger partial charge in [0, 0.05) is 11.4 Å². The van der Waals surface area contributed by atoms with Gasteiger partial charge in [-0.3, -0.25) is 9.36 Å². The number of carbonyl (C=O) groups is 2. The lowest BCUT2D eigenvalue weighted by Crippen LogP contribution is -2.40. The molecule has 0 aliphatic heterocycles. The number of aryl methyl sites for hydroxylation is 1. The Balaban J connectivity index is 1.79. The summed E-state index contributed by atoms with van der Waals surface area (Å²) in [7, 11) is 1.64. The van der Waals surface area contributed by atoms with Gasteiger partial charge in [0.15, 0.2) is 11.0 Å². The fraction of sp³-hybridized carbons (Fsp3) is 0.333. The molecule has 0 fully saturated rings. The second kappa shape index (κ2) is 12.1. The number of esters is 1. The molecule has 1 atom stereocenters. The highest BCUT2D eigenvalue weighted by Gasteiger charge is 2.21. The van der Waals surface area contributed by atoms with E-state index in [-0.39, 0.29) is 13.2 Å². The number of carbonyl (C=O) groups excluding carboxylic acids is 2. The molecule has 2 aromatic carbocycles. The predicted molar refractivity (Wildman–Crippen MR) is 130 cm³/mol. The number of aromatic nitrogens is 3. The van der Waals surface area contributed by atoms with Crippen molar-refractivity contribution >= 4 is 23.8 Å². The molecule has 0 saturated heterocycles. The third-order valence-corrected chi connectivity index (χ3v) is 5.89. The Morgan fingerprint density at radius 3 is 2.62 bits per heavy atom. The average molecular weight is 484 g/mol. The lowest BCUT2D eigenvalue weighted by Gasteiger charge is -2.17. The van der Waals surface area contributed by atoms with Gasteiger partial charge in [0.2, 0.25) is 0 Å². The fourth-order valence-electron chi connectivity index (χ4n) is 3.18. The van der Waals surface area contributed by atoms with Crippen molar-refractivity contribution < 1.29 is 19.1 Å². The Morgan fingerprint density at radius 1 is 1.15 bits per heavy atom. The number of nitrogens with one attached hydrogen (secondary N) is 2. The molecular formula is C24H29N5O4S. The van der Waals surface area contributed by atoms with Crippen LogP contribution in [0.5, 0.6) is 5.75 Å². The summed E-state index contributed by atoms with van der Waals surface area (Å²) in [6, 6.07) is 14.9. The minimum atomic E-state index is -0.496. The molecule has 3 aromatic rings. The number of nitrogens with zero attached hydrogens (tertiary/aromatic N) is 3. The first kappa shape index (κ1) is 25.1. The number of thioether (sulfide) groups is 1. The second-order valence-electron chi connectivity index (χ2n) is 7.51. The minimum absolute atomic E-state index is 0.210. The summed E-state index contributed by atoms with van der Waals surface area (Å²) in [4.78, 5) is 23.8. The van der Waals surface area contributed by atoms with Crippen LogP contribution < -0.4 is 15.4 Å². The van der Waals surface area contributed by atoms with E-state index in [2.05, 4.69) is 20.8 Å². The van der Waals surface area contributed by atoms with E-state index in [0.29, 0.717) is 16.7 Å². The summed E-state index contributed by atoms with van der Waals surface area (Å²) >= 11 is 1.54. The van der Waals surface area contributed by atoms with Gasteiger partial charge in [-0.1, -0.05) is 41.6 Å². The molecule has 1 heterocycles. The SMILES string of the molecule is CCOC(=O)CNC(=O)NC(C)c1nnc(SCc2cccc(OC)c2)n1-c1ccc(C)cc1. The van der Waals surface area contributed by atoms with E-state index in [1.807, 2.05) is 66.9 Å². The van der Waals surface area contributed by atoms with Crippen LogP contribution in [0, 0.1) is 6.92 Å². The maximum atomic E-state index is 12.3. The van der Waals surface area contributed by atoms with E-state index in [4.69, 9.17) is 9.47 Å². The summed E-state index contributed by atoms with van der Waals surface area (Å²) in [5.74, 6) is 1.54. The highest BCUT2D eigenvalue weighted by molar-refractivity contribution is 7.98. The van der Waals surface area contributed by atoms with Crippen molar-refractivity contribution in [1.29, 1.82) is 0 Å². The molecule has 0 aliphatic rings. The lowest BCUT2D eigenvalue weighted by molar-refractivity contribution is -0.141. The normalized spacial score (nSPS) is 11.5. The number of methoxy groups -OCH3 is 1. The molecule has 2 amide bonds. The Morgan fingerprint density at radius 2 is 1.91 bits per heavy atom. The number of urea groups is 1. The van der Waals surface area contributed by atoms with Gasteiger partial charge in [-0.2, -0.15) is 0 Å². The maximum absolute atomic E-state index is 12.3. The van der Waals surface area contributed by atoms with Gasteiger partial charge in [0.1, 0.15) is 12.3 Å². The van der Waals surface area contributed by atoms with Gasteiger partial charge in [-0.05, 0) is 50.6 Å². The first-order valence-corrected chi connectivity index (χ1v) is 11.9. The largest absolute Gasteiger partial charge is 0.497 e. The van der Waals surface area contributed by atoms with Gasteiger partial charge in [-0.25, -0.2) is 4.79 Å². The molecule has 3 rings (SSSR count). The van der Waals surface area contributed by atoms with Crippen LogP contribution in [0.3, 0.4) is 0 Å². The molecule has 34 heavy (non-hydrogen) atoms. The standard InChI is InChI=1S/C24H29N5O4S/c1-5-33-21(30)14-25-23(31)26-17(3)22-27-28-24(29(22)19-11-9-16(2)10-12-19)34-15-18-7-6-8-20(13-18)32-4/h6-13,17H,5,14-15H2,1-4H3,(H2,25,26,31). The molecule has 0 aliphatic carbocycles. The van der Waals surface area contributed by atoms with Gasteiger partial charge in [0.05, 0.1) is 19.8 Å². The summed E-state index contributed by atoms with van der Waals surface area (Å²) in [6.45, 7) is 5.59. The Bertz CT molecular complexity index is 1120. The minimum Gasteiger partial charge on any atom is -0.497 e. The number of ether oxygens (including phenoxy) is 2. The zero-order valence-electron chi connectivity index (χ0n) is 19.7. The Kier molecular flexibility index (Phi) is 8.92. The molecule has 0 bridgehead atoms. The molecule has 9 nitrogen and oxygen atoms in total. The topological polar surface area (TPSA) is 107 Å². The molecule has 0 saturated carbocycles. The quantitative estimate of drug-likeness (QED) is 0.334. The zero-order chi connectivity index (χ0) is 24.5. The third kappa shape index (κ3) is 6.74. The lowest BCUT2D eigenvalue weighted by atomic mass is 10.2. The van der Waals surface area contributed by atoms with E-state index in [1.165, 1.54) is 11.8 Å². The second-order valence-corrected chi connectivity index (χ2v) is 8.45. The highest BCUT2D eigenvalue weighted by atomic mass is 32.2. The Hall–Kier alpha value is -3.53. The van der Waals surface area contributed by atoms with E-state index in [0.717, 1.165) is 22.6 Å². The van der Waals surface area contributed by atoms with Crippen molar-refractivity contribution in [3.63, 3.8) is 0 Å². The van der Waals surface area contributed by atoms with Gasteiger partial charge in [0.25, 0.3) is 0 Å². The summed E-state index contributed by atoms with van der Waals surface area (Å²) in [6.07, 6.45) is 0. The van der Waals surface area contributed by atoms with Crippen LogP contribution in [0.2, 0.25) is 0 Å². The number of amides is 2. The van der Waals surface area contributed by atoms with Gasteiger partial charge < -0.3 is 20.1 Å². The van der Waals surface area contributed by atoms with Gasteiger partial charge in [-0.15, -0.1) is 10.2 Å². The van der Waals surface area contributed by atoms with Crippen LogP contribution in [0.25, 0.3) is 5.69 Å². The van der Waals surface area contributed by atoms with E-state index >= 15 is 0 Å². The van der Waals surface area contributed by atoms with Crippen LogP contribution in [0.1, 0.15) is 36.8 Å². The number of hydrogen-bond donors (Lipinski definition) is 2. The first-order chi connectivity index (χ1) is 16.4. The van der Waals surface area contributed by atoms with Crippen molar-refractivity contribution in [3.8, 4) is 11.4 Å². The van der Waals surface area contributed by atoms with Crippen LogP contribution in [-0.4, -0.2) is 47.0 Å². The third-order valence-electron chi connectivity index (χ3n) is 4.89. The number of hydrogen-bond acceptors (Lipinski definition) is 7. The van der Waals surface area contributed by atoms with Crippen LogP contribution in [-0.2, 0) is 15.3 Å². The first-order valence-electron chi connectivity index (χ1n) is 10.9. The smallest absolute Gasteiger partial charge is 0.325 e. The van der Waals surface area contributed by atoms with Gasteiger partial charge >= 0.3 is 12.0 Å².